The average Bonchev–Trinajstić information content (AvgIpc) is 3.03. The van der Waals surface area contributed by atoms with Crippen LogP contribution in [0.5, 0.6) is 0 Å². The molecule has 0 fully saturated rings. The molecule has 0 atom stereocenters. The van der Waals surface area contributed by atoms with Crippen LogP contribution in [0.1, 0.15) is 20.7 Å². The summed E-state index contributed by atoms with van der Waals surface area (Å²) in [5, 5.41) is 11.9. The predicted octanol–water partition coefficient (Wildman–Crippen LogP) is 3.96. The van der Waals surface area contributed by atoms with E-state index in [-0.39, 0.29) is 22.5 Å². The number of carbonyl (C=O) groups is 2. The van der Waals surface area contributed by atoms with Crippen LogP contribution in [0.25, 0.3) is 27.6 Å². The van der Waals surface area contributed by atoms with E-state index in [1.807, 2.05) is 0 Å². The lowest BCUT2D eigenvalue weighted by Gasteiger charge is -2.16. The fourth-order valence-electron chi connectivity index (χ4n) is 4.55. The molecule has 0 unspecified atom stereocenters. The van der Waals surface area contributed by atoms with E-state index in [1.54, 1.807) is 54.6 Å². The first-order chi connectivity index (χ1) is 17.8. The van der Waals surface area contributed by atoms with Gasteiger partial charge in [-0.2, -0.15) is 0 Å². The molecule has 177 valence electrons. The van der Waals surface area contributed by atoms with Gasteiger partial charge in [0, 0.05) is 28.5 Å². The van der Waals surface area contributed by atoms with Crippen LogP contribution < -0.4 is 16.0 Å². The third-order valence-corrected chi connectivity index (χ3v) is 6.34. The van der Waals surface area contributed by atoms with Crippen molar-refractivity contribution in [1.82, 2.24) is 4.57 Å². The second kappa shape index (κ2) is 8.06. The molecule has 1 radical (unpaired) electrons. The summed E-state index contributed by atoms with van der Waals surface area (Å²) in [7, 11) is 0. The molecule has 9 heteroatoms. The zero-order valence-electron chi connectivity index (χ0n) is 18.9. The molecular formula is C28H14N3O6. The molecule has 2 amide bonds. The highest BCUT2D eigenvalue weighted by Crippen LogP contribution is 2.34. The van der Waals surface area contributed by atoms with E-state index < -0.39 is 27.9 Å². The Bertz CT molecular complexity index is 1840. The van der Waals surface area contributed by atoms with Crippen molar-refractivity contribution < 1.29 is 14.5 Å². The van der Waals surface area contributed by atoms with Gasteiger partial charge in [-0.3, -0.25) is 29.3 Å². The number of hydrogen-bond acceptors (Lipinski definition) is 6. The molecular weight excluding hydrogens is 474 g/mol. The minimum absolute atomic E-state index is 0.0562. The summed E-state index contributed by atoms with van der Waals surface area (Å²) in [5.41, 5.74) is 0.230. The predicted molar refractivity (Wildman–Crippen MR) is 136 cm³/mol. The Morgan fingerprint density at radius 3 is 2.03 bits per heavy atom. The van der Waals surface area contributed by atoms with Crippen LogP contribution in [0.2, 0.25) is 0 Å². The quantitative estimate of drug-likeness (QED) is 0.215. The van der Waals surface area contributed by atoms with Gasteiger partial charge < -0.3 is 0 Å². The topological polar surface area (TPSA) is 120 Å². The van der Waals surface area contributed by atoms with Crippen molar-refractivity contribution >= 4 is 34.0 Å². The van der Waals surface area contributed by atoms with Crippen molar-refractivity contribution in [3.63, 3.8) is 0 Å². The van der Waals surface area contributed by atoms with E-state index in [9.17, 15) is 29.3 Å². The summed E-state index contributed by atoms with van der Waals surface area (Å²) in [4.78, 5) is 63.9. The Morgan fingerprint density at radius 2 is 1.35 bits per heavy atom. The SMILES string of the molecule is O=C1c2ccc([N+](=O)[O-])cc2C(=O)N1c1cc[c]c(-c2ccccc2-n2c(=O)c3ccc(cc3)c2=O)c1. The van der Waals surface area contributed by atoms with E-state index in [0.717, 1.165) is 15.5 Å². The minimum atomic E-state index is -0.687. The molecule has 1 aliphatic heterocycles. The number of non-ortho nitro benzene ring substituents is 1. The Morgan fingerprint density at radius 1 is 0.703 bits per heavy atom. The monoisotopic (exact) mass is 488 g/mol. The molecule has 2 bridgehead atoms. The van der Waals surface area contributed by atoms with E-state index in [4.69, 9.17) is 0 Å². The standard InChI is InChI=1S/C28H14N3O6/c32-25-16-8-9-17(11-10-16)26(33)30(25)24-7-2-1-6-21(24)18-4-3-5-19(14-18)29-27(34)22-13-12-20(31(36)37)15-23(22)28(29)35/h1-3,5-15H. The summed E-state index contributed by atoms with van der Waals surface area (Å²) < 4.78 is 1.10. The molecule has 4 aromatic carbocycles. The second-order valence-corrected chi connectivity index (χ2v) is 8.43. The van der Waals surface area contributed by atoms with E-state index in [2.05, 4.69) is 6.07 Å². The van der Waals surface area contributed by atoms with Gasteiger partial charge >= 0.3 is 0 Å². The number of anilines is 1. The third-order valence-electron chi connectivity index (χ3n) is 6.34. The normalized spacial score (nSPS) is 12.8. The number of nitro benzene ring substituents is 1. The first-order valence-electron chi connectivity index (χ1n) is 11.1. The van der Waals surface area contributed by atoms with Crippen molar-refractivity contribution in [2.24, 2.45) is 0 Å². The summed E-state index contributed by atoms with van der Waals surface area (Å²) in [6.45, 7) is 0. The fraction of sp³-hybridized carbons (Fsp3) is 0. The van der Waals surface area contributed by atoms with Crippen molar-refractivity contribution in [2.45, 2.75) is 0 Å². The molecule has 6 aromatic rings. The van der Waals surface area contributed by atoms with Crippen LogP contribution in [0.4, 0.5) is 11.4 Å². The number of carbonyl (C=O) groups excluding carboxylic acids is 2. The number of para-hydroxylation sites is 1. The molecule has 0 saturated carbocycles. The van der Waals surface area contributed by atoms with Gasteiger partial charge in [0.25, 0.3) is 28.6 Å². The number of hydrogen-bond donors (Lipinski definition) is 0. The second-order valence-electron chi connectivity index (χ2n) is 8.43. The largest absolute Gasteiger partial charge is 0.270 e. The number of amides is 2. The average molecular weight is 488 g/mol. The molecule has 7 rings (SSSR count). The molecule has 37 heavy (non-hydrogen) atoms. The molecule has 3 heterocycles. The lowest BCUT2D eigenvalue weighted by Crippen LogP contribution is -2.29. The first-order valence-corrected chi connectivity index (χ1v) is 11.1. The van der Waals surface area contributed by atoms with Gasteiger partial charge in [0.05, 0.1) is 27.4 Å². The lowest BCUT2D eigenvalue weighted by molar-refractivity contribution is -0.384. The summed E-state index contributed by atoms with van der Waals surface area (Å²) in [6, 6.07) is 24.3. The molecule has 0 saturated heterocycles. The third kappa shape index (κ3) is 3.33. The maximum Gasteiger partial charge on any atom is 0.270 e. The van der Waals surface area contributed by atoms with Crippen LogP contribution in [0.15, 0.2) is 94.5 Å². The van der Waals surface area contributed by atoms with Crippen molar-refractivity contribution in [3.8, 4) is 16.8 Å². The van der Waals surface area contributed by atoms with Crippen LogP contribution in [0.3, 0.4) is 0 Å². The van der Waals surface area contributed by atoms with E-state index in [0.29, 0.717) is 27.6 Å². The molecule has 0 spiro atoms. The van der Waals surface area contributed by atoms with Crippen molar-refractivity contribution in [3.05, 3.63) is 133 Å². The molecule has 0 N–H and O–H groups in total. The van der Waals surface area contributed by atoms with E-state index >= 15 is 0 Å². The van der Waals surface area contributed by atoms with Crippen LogP contribution >= 0.6 is 0 Å². The lowest BCUT2D eigenvalue weighted by atomic mass is 10.0. The number of rotatable bonds is 4. The van der Waals surface area contributed by atoms with Crippen molar-refractivity contribution in [2.75, 3.05) is 4.90 Å². The van der Waals surface area contributed by atoms with Gasteiger partial charge in [0.2, 0.25) is 0 Å². The minimum Gasteiger partial charge on any atom is -0.268 e. The summed E-state index contributed by atoms with van der Waals surface area (Å²) in [5.74, 6) is -1.30. The van der Waals surface area contributed by atoms with Gasteiger partial charge in [-0.25, -0.2) is 9.47 Å². The van der Waals surface area contributed by atoms with Crippen LogP contribution in [-0.4, -0.2) is 21.3 Å². The highest BCUT2D eigenvalue weighted by molar-refractivity contribution is 6.34. The van der Waals surface area contributed by atoms with Crippen molar-refractivity contribution in [1.29, 1.82) is 0 Å². The molecule has 0 aliphatic carbocycles. The van der Waals surface area contributed by atoms with Gasteiger partial charge in [-0.1, -0.05) is 24.3 Å². The van der Waals surface area contributed by atoms with Gasteiger partial charge in [-0.05, 0) is 60.2 Å². The highest BCUT2D eigenvalue weighted by Gasteiger charge is 2.38. The van der Waals surface area contributed by atoms with Gasteiger partial charge in [0.15, 0.2) is 0 Å². The fourth-order valence-corrected chi connectivity index (χ4v) is 4.55. The Balaban J connectivity index is 1.49. The summed E-state index contributed by atoms with van der Waals surface area (Å²) >= 11 is 0. The maximum atomic E-state index is 13.2. The number of fused-ring (bicyclic) bond motifs is 5. The number of nitro groups is 1. The number of aromatic nitrogens is 1. The highest BCUT2D eigenvalue weighted by atomic mass is 16.6. The Hall–Kier alpha value is -5.44. The maximum absolute atomic E-state index is 13.2. The Kier molecular flexibility index (Phi) is 4.80. The molecule has 1 aliphatic rings. The van der Waals surface area contributed by atoms with Gasteiger partial charge in [0.1, 0.15) is 0 Å². The number of benzene rings is 4. The zero-order chi connectivity index (χ0) is 25.8. The molecule has 2 aromatic heterocycles. The van der Waals surface area contributed by atoms with E-state index in [1.165, 1.54) is 24.3 Å². The molecule has 9 nitrogen and oxygen atoms in total. The Labute approximate surface area is 207 Å². The van der Waals surface area contributed by atoms with Crippen LogP contribution in [0, 0.1) is 16.2 Å². The zero-order valence-corrected chi connectivity index (χ0v) is 18.9. The number of nitrogens with zero attached hydrogens (tertiary/aromatic N) is 3. The summed E-state index contributed by atoms with van der Waals surface area (Å²) in [6.07, 6.45) is 0. The smallest absolute Gasteiger partial charge is 0.268 e. The van der Waals surface area contributed by atoms with Crippen LogP contribution in [-0.2, 0) is 0 Å². The van der Waals surface area contributed by atoms with Gasteiger partial charge in [-0.15, -0.1) is 0 Å². The number of imide groups is 1. The first kappa shape index (κ1) is 22.1.